The van der Waals surface area contributed by atoms with E-state index in [0.29, 0.717) is 5.02 Å². The minimum Gasteiger partial charge on any atom is -0.387 e. The molecule has 4 heteroatoms. The van der Waals surface area contributed by atoms with Crippen LogP contribution >= 0.6 is 11.6 Å². The molecule has 1 aliphatic rings. The summed E-state index contributed by atoms with van der Waals surface area (Å²) in [6.07, 6.45) is 2.52. The number of likely N-dealkylation sites (tertiary alicyclic amines) is 1. The molecule has 2 rings (SSSR count). The number of aliphatic hydroxyl groups is 1. The molecule has 0 spiro atoms. The van der Waals surface area contributed by atoms with E-state index >= 15 is 0 Å². The van der Waals surface area contributed by atoms with Crippen LogP contribution in [0.25, 0.3) is 0 Å². The first kappa shape index (κ1) is 10.9. The van der Waals surface area contributed by atoms with Gasteiger partial charge in [-0.25, -0.2) is 0 Å². The maximum Gasteiger partial charge on any atom is 0.0897 e. The molecule has 1 N–H and O–H groups in total. The van der Waals surface area contributed by atoms with Crippen molar-refractivity contribution < 1.29 is 5.11 Å². The minimum absolute atomic E-state index is 0.474. The van der Waals surface area contributed by atoms with Crippen LogP contribution in [0.5, 0.6) is 0 Å². The van der Waals surface area contributed by atoms with E-state index in [1.165, 1.54) is 0 Å². The highest BCUT2D eigenvalue weighted by Crippen LogP contribution is 2.25. The summed E-state index contributed by atoms with van der Waals surface area (Å²) in [7, 11) is 0. The number of β-amino-alcohol motifs (C(OH)–C–C–N with tert-alkyl or cyclic N) is 1. The van der Waals surface area contributed by atoms with Crippen LogP contribution < -0.4 is 0 Å². The summed E-state index contributed by atoms with van der Waals surface area (Å²) in [5, 5.41) is 10.5. The van der Waals surface area contributed by atoms with Gasteiger partial charge >= 0.3 is 0 Å². The number of rotatable bonds is 3. The van der Waals surface area contributed by atoms with Crippen molar-refractivity contribution in [3.05, 3.63) is 29.0 Å². The molecule has 15 heavy (non-hydrogen) atoms. The third-order valence-corrected chi connectivity index (χ3v) is 3.09. The van der Waals surface area contributed by atoms with Gasteiger partial charge in [0.2, 0.25) is 0 Å². The first-order valence-corrected chi connectivity index (χ1v) is 5.54. The van der Waals surface area contributed by atoms with Crippen molar-refractivity contribution >= 4 is 11.6 Å². The van der Waals surface area contributed by atoms with E-state index in [2.05, 4.69) is 9.88 Å². The van der Waals surface area contributed by atoms with Gasteiger partial charge in [-0.05, 0) is 18.6 Å². The topological polar surface area (TPSA) is 36.4 Å². The monoisotopic (exact) mass is 226 g/mol. The van der Waals surface area contributed by atoms with Gasteiger partial charge in [-0.1, -0.05) is 18.5 Å². The van der Waals surface area contributed by atoms with E-state index in [-0.39, 0.29) is 0 Å². The summed E-state index contributed by atoms with van der Waals surface area (Å²) in [6.45, 7) is 4.24. The van der Waals surface area contributed by atoms with Crippen LogP contribution in [0.15, 0.2) is 18.3 Å². The lowest BCUT2D eigenvalue weighted by Crippen LogP contribution is -2.60. The van der Waals surface area contributed by atoms with Gasteiger partial charge < -0.3 is 5.11 Å². The molecular weight excluding hydrogens is 212 g/mol. The summed E-state index contributed by atoms with van der Waals surface area (Å²) in [4.78, 5) is 6.40. The molecule has 0 radical (unpaired) electrons. The second-order valence-corrected chi connectivity index (χ2v) is 4.62. The summed E-state index contributed by atoms with van der Waals surface area (Å²) in [6, 6.07) is 3.63. The molecule has 2 heterocycles. The van der Waals surface area contributed by atoms with Crippen molar-refractivity contribution in [2.75, 3.05) is 13.1 Å². The van der Waals surface area contributed by atoms with Gasteiger partial charge in [0.05, 0.1) is 11.3 Å². The highest BCUT2D eigenvalue weighted by molar-refractivity contribution is 6.30. The van der Waals surface area contributed by atoms with E-state index in [1.807, 2.05) is 13.0 Å². The quantitative estimate of drug-likeness (QED) is 0.852. The Morgan fingerprint density at radius 1 is 1.60 bits per heavy atom. The molecule has 0 saturated carbocycles. The van der Waals surface area contributed by atoms with Crippen LogP contribution in [-0.4, -0.2) is 33.7 Å². The molecule has 1 saturated heterocycles. The second kappa shape index (κ2) is 4.08. The number of hydrogen-bond donors (Lipinski definition) is 1. The van der Waals surface area contributed by atoms with Crippen LogP contribution in [0.3, 0.4) is 0 Å². The third-order valence-electron chi connectivity index (χ3n) is 2.86. The van der Waals surface area contributed by atoms with Gasteiger partial charge in [0, 0.05) is 30.9 Å². The Morgan fingerprint density at radius 3 is 2.93 bits per heavy atom. The number of aromatic nitrogens is 1. The van der Waals surface area contributed by atoms with Crippen LogP contribution in [0, 0.1) is 0 Å². The normalized spacial score (nSPS) is 19.9. The van der Waals surface area contributed by atoms with Gasteiger partial charge in [-0.15, -0.1) is 0 Å². The lowest BCUT2D eigenvalue weighted by molar-refractivity contribution is -0.103. The van der Waals surface area contributed by atoms with Crippen molar-refractivity contribution in [3.8, 4) is 0 Å². The SMILES string of the molecule is CCC1(O)CN(Cc2cc(Cl)ccn2)C1. The smallest absolute Gasteiger partial charge is 0.0897 e. The second-order valence-electron chi connectivity index (χ2n) is 4.19. The third kappa shape index (κ3) is 2.48. The Balaban J connectivity index is 1.90. The fourth-order valence-corrected chi connectivity index (χ4v) is 2.07. The maximum atomic E-state index is 9.83. The largest absolute Gasteiger partial charge is 0.387 e. The zero-order valence-corrected chi connectivity index (χ0v) is 9.54. The van der Waals surface area contributed by atoms with Crippen molar-refractivity contribution in [2.24, 2.45) is 0 Å². The first-order chi connectivity index (χ1) is 7.11. The lowest BCUT2D eigenvalue weighted by atomic mass is 9.91. The van der Waals surface area contributed by atoms with Crippen molar-refractivity contribution in [3.63, 3.8) is 0 Å². The Kier molecular flexibility index (Phi) is 2.96. The Morgan fingerprint density at radius 2 is 2.33 bits per heavy atom. The summed E-state index contributed by atoms with van der Waals surface area (Å²) in [5.74, 6) is 0. The van der Waals surface area contributed by atoms with E-state index < -0.39 is 5.60 Å². The van der Waals surface area contributed by atoms with E-state index in [4.69, 9.17) is 11.6 Å². The highest BCUT2D eigenvalue weighted by Gasteiger charge is 2.39. The maximum absolute atomic E-state index is 9.83. The molecule has 0 aromatic carbocycles. The average Bonchev–Trinajstić information content (AvgIpc) is 2.15. The molecule has 1 aromatic rings. The molecule has 1 aromatic heterocycles. The standard InChI is InChI=1S/C11H15ClN2O/c1-2-11(15)7-14(8-11)6-10-5-9(12)3-4-13-10/h3-5,15H,2,6-8H2,1H3. The van der Waals surface area contributed by atoms with E-state index in [9.17, 15) is 5.11 Å². The summed E-state index contributed by atoms with van der Waals surface area (Å²) >= 11 is 5.86. The molecular formula is C11H15ClN2O. The summed E-state index contributed by atoms with van der Waals surface area (Å²) < 4.78 is 0. The predicted molar refractivity (Wildman–Crippen MR) is 59.8 cm³/mol. The number of nitrogens with zero attached hydrogens (tertiary/aromatic N) is 2. The fraction of sp³-hybridized carbons (Fsp3) is 0.545. The fourth-order valence-electron chi connectivity index (χ4n) is 1.89. The number of halogens is 1. The molecule has 1 aliphatic heterocycles. The molecule has 0 aliphatic carbocycles. The Labute approximate surface area is 94.7 Å². The molecule has 0 unspecified atom stereocenters. The van der Waals surface area contributed by atoms with Gasteiger partial charge in [-0.2, -0.15) is 0 Å². The minimum atomic E-state index is -0.474. The van der Waals surface area contributed by atoms with E-state index in [1.54, 1.807) is 12.3 Å². The summed E-state index contributed by atoms with van der Waals surface area (Å²) in [5.41, 5.74) is 0.485. The van der Waals surface area contributed by atoms with Crippen LogP contribution in [0.2, 0.25) is 5.02 Å². The van der Waals surface area contributed by atoms with E-state index in [0.717, 1.165) is 31.7 Å². The molecule has 1 fully saturated rings. The molecule has 0 atom stereocenters. The highest BCUT2D eigenvalue weighted by atomic mass is 35.5. The zero-order valence-electron chi connectivity index (χ0n) is 8.78. The van der Waals surface area contributed by atoms with Gasteiger partial charge in [-0.3, -0.25) is 9.88 Å². The van der Waals surface area contributed by atoms with Crippen molar-refractivity contribution in [1.29, 1.82) is 0 Å². The van der Waals surface area contributed by atoms with Crippen LogP contribution in [0.1, 0.15) is 19.0 Å². The average molecular weight is 227 g/mol. The Hall–Kier alpha value is -0.640. The van der Waals surface area contributed by atoms with Crippen molar-refractivity contribution in [2.45, 2.75) is 25.5 Å². The number of hydrogen-bond acceptors (Lipinski definition) is 3. The van der Waals surface area contributed by atoms with Crippen molar-refractivity contribution in [1.82, 2.24) is 9.88 Å². The Bertz CT molecular complexity index is 350. The molecule has 3 nitrogen and oxygen atoms in total. The zero-order chi connectivity index (χ0) is 10.9. The molecule has 0 amide bonds. The van der Waals surface area contributed by atoms with Crippen LogP contribution in [-0.2, 0) is 6.54 Å². The lowest BCUT2D eigenvalue weighted by Gasteiger charge is -2.46. The first-order valence-electron chi connectivity index (χ1n) is 5.16. The van der Waals surface area contributed by atoms with Gasteiger partial charge in [0.15, 0.2) is 0 Å². The van der Waals surface area contributed by atoms with Crippen LogP contribution in [0.4, 0.5) is 0 Å². The molecule has 0 bridgehead atoms. The van der Waals surface area contributed by atoms with Gasteiger partial charge in [0.1, 0.15) is 0 Å². The molecule has 82 valence electrons. The number of pyridine rings is 1. The van der Waals surface area contributed by atoms with Gasteiger partial charge in [0.25, 0.3) is 0 Å². The predicted octanol–water partition coefficient (Wildman–Crippen LogP) is 1.69.